The van der Waals surface area contributed by atoms with E-state index in [1.165, 1.54) is 0 Å². The number of ether oxygens (including phenoxy) is 2. The monoisotopic (exact) mass is 280 g/mol. The van der Waals surface area contributed by atoms with Crippen molar-refractivity contribution in [2.45, 2.75) is 32.3 Å². The fourth-order valence-corrected chi connectivity index (χ4v) is 2.26. The minimum atomic E-state index is -0.242. The van der Waals surface area contributed by atoms with Gasteiger partial charge in [-0.3, -0.25) is 0 Å². The van der Waals surface area contributed by atoms with Crippen LogP contribution in [0.2, 0.25) is 0 Å². The molecule has 1 unspecified atom stereocenters. The molecule has 2 rings (SSSR count). The normalized spacial score (nSPS) is 21.9. The Hall–Kier alpha value is -1.40. The average Bonchev–Trinajstić information content (AvgIpc) is 2.94. The highest BCUT2D eigenvalue weighted by atomic mass is 16.5. The number of rotatable bonds is 7. The number of anilines is 2. The minimum absolute atomic E-state index is 0.242. The van der Waals surface area contributed by atoms with Crippen LogP contribution in [-0.2, 0) is 9.47 Å². The Morgan fingerprint density at radius 3 is 2.70 bits per heavy atom. The van der Waals surface area contributed by atoms with Crippen molar-refractivity contribution in [1.29, 1.82) is 0 Å². The van der Waals surface area contributed by atoms with E-state index >= 15 is 0 Å². The van der Waals surface area contributed by atoms with Crippen LogP contribution in [0.5, 0.6) is 0 Å². The summed E-state index contributed by atoms with van der Waals surface area (Å²) < 4.78 is 11.0. The third kappa shape index (κ3) is 3.37. The molecule has 0 saturated carbocycles. The Balaban J connectivity index is 2.02. The Labute approximate surface area is 120 Å². The van der Waals surface area contributed by atoms with Gasteiger partial charge in [-0.15, -0.1) is 0 Å². The Morgan fingerprint density at radius 2 is 2.10 bits per heavy atom. The van der Waals surface area contributed by atoms with Gasteiger partial charge in [-0.1, -0.05) is 6.92 Å². The maximum Gasteiger partial charge on any atom is 0.134 e. The van der Waals surface area contributed by atoms with Crippen LogP contribution < -0.4 is 10.6 Å². The van der Waals surface area contributed by atoms with Crippen LogP contribution in [0.15, 0.2) is 6.33 Å². The van der Waals surface area contributed by atoms with Gasteiger partial charge >= 0.3 is 0 Å². The van der Waals surface area contributed by atoms with Gasteiger partial charge in [-0.25, -0.2) is 9.97 Å². The van der Waals surface area contributed by atoms with E-state index in [0.29, 0.717) is 13.2 Å². The summed E-state index contributed by atoms with van der Waals surface area (Å²) in [4.78, 5) is 8.59. The van der Waals surface area contributed by atoms with Gasteiger partial charge in [0.25, 0.3) is 0 Å². The van der Waals surface area contributed by atoms with Crippen LogP contribution >= 0.6 is 0 Å². The number of nitrogens with zero attached hydrogens (tertiary/aromatic N) is 2. The van der Waals surface area contributed by atoms with Gasteiger partial charge < -0.3 is 20.1 Å². The van der Waals surface area contributed by atoms with E-state index in [1.807, 2.05) is 6.92 Å². The van der Waals surface area contributed by atoms with E-state index in [4.69, 9.17) is 9.47 Å². The van der Waals surface area contributed by atoms with Crippen LogP contribution in [-0.4, -0.2) is 49.0 Å². The quantitative estimate of drug-likeness (QED) is 0.794. The van der Waals surface area contributed by atoms with Crippen molar-refractivity contribution in [2.24, 2.45) is 0 Å². The predicted molar refractivity (Wildman–Crippen MR) is 79.2 cm³/mol. The van der Waals surface area contributed by atoms with Gasteiger partial charge in [0.15, 0.2) is 0 Å². The molecule has 0 aromatic carbocycles. The molecule has 1 aromatic rings. The van der Waals surface area contributed by atoms with Gasteiger partial charge in [-0.2, -0.15) is 0 Å². The summed E-state index contributed by atoms with van der Waals surface area (Å²) >= 11 is 0. The molecule has 20 heavy (non-hydrogen) atoms. The first kappa shape index (κ1) is 15.0. The van der Waals surface area contributed by atoms with Crippen LogP contribution in [0.4, 0.5) is 11.6 Å². The van der Waals surface area contributed by atoms with Gasteiger partial charge in [0, 0.05) is 38.8 Å². The molecule has 1 saturated heterocycles. The second-order valence-corrected chi connectivity index (χ2v) is 5.17. The molecule has 1 aromatic heterocycles. The van der Waals surface area contributed by atoms with Crippen molar-refractivity contribution in [3.63, 3.8) is 0 Å². The predicted octanol–water partition coefficient (Wildman–Crippen LogP) is 1.82. The summed E-state index contributed by atoms with van der Waals surface area (Å²) in [5.41, 5.74) is 0.792. The standard InChI is InChI=1S/C14H24N4O2/c1-4-6-15-12-11(2)13(18-10-17-12)16-8-14(19-3)5-7-20-9-14/h10H,4-9H2,1-3H3,(H2,15,16,17,18). The lowest BCUT2D eigenvalue weighted by Gasteiger charge is -2.26. The zero-order chi connectivity index (χ0) is 14.4. The fraction of sp³-hybridized carbons (Fsp3) is 0.714. The average molecular weight is 280 g/mol. The number of nitrogens with one attached hydrogen (secondary N) is 2. The molecule has 1 fully saturated rings. The molecule has 1 aliphatic rings. The molecule has 6 nitrogen and oxygen atoms in total. The number of methoxy groups -OCH3 is 1. The summed E-state index contributed by atoms with van der Waals surface area (Å²) in [6, 6.07) is 0. The van der Waals surface area contributed by atoms with Crippen LogP contribution in [0, 0.1) is 6.92 Å². The van der Waals surface area contributed by atoms with Crippen molar-refractivity contribution in [3.05, 3.63) is 11.9 Å². The molecular formula is C14H24N4O2. The largest absolute Gasteiger partial charge is 0.378 e. The lowest BCUT2D eigenvalue weighted by molar-refractivity contribution is -0.00626. The van der Waals surface area contributed by atoms with Crippen molar-refractivity contribution in [2.75, 3.05) is 44.0 Å². The lowest BCUT2D eigenvalue weighted by atomic mass is 10.0. The van der Waals surface area contributed by atoms with Crippen LogP contribution in [0.1, 0.15) is 25.3 Å². The third-order valence-corrected chi connectivity index (χ3v) is 3.70. The maximum absolute atomic E-state index is 5.61. The zero-order valence-electron chi connectivity index (χ0n) is 12.5. The van der Waals surface area contributed by atoms with Crippen LogP contribution in [0.25, 0.3) is 0 Å². The Kier molecular flexibility index (Phi) is 5.14. The number of hydrogen-bond acceptors (Lipinski definition) is 6. The maximum atomic E-state index is 5.61. The van der Waals surface area contributed by atoms with Crippen molar-refractivity contribution >= 4 is 11.6 Å². The molecule has 2 N–H and O–H groups in total. The van der Waals surface area contributed by atoms with E-state index in [9.17, 15) is 0 Å². The van der Waals surface area contributed by atoms with E-state index < -0.39 is 0 Å². The smallest absolute Gasteiger partial charge is 0.134 e. The molecule has 112 valence electrons. The molecule has 0 spiro atoms. The molecule has 2 heterocycles. The zero-order valence-corrected chi connectivity index (χ0v) is 12.5. The highest BCUT2D eigenvalue weighted by Gasteiger charge is 2.34. The third-order valence-electron chi connectivity index (χ3n) is 3.70. The molecule has 0 radical (unpaired) electrons. The summed E-state index contributed by atoms with van der Waals surface area (Å²) in [6.07, 6.45) is 3.55. The first-order valence-electron chi connectivity index (χ1n) is 7.13. The molecule has 0 bridgehead atoms. The molecule has 0 aliphatic carbocycles. The highest BCUT2D eigenvalue weighted by molar-refractivity contribution is 5.56. The first-order valence-corrected chi connectivity index (χ1v) is 7.13. The summed E-state index contributed by atoms with van der Waals surface area (Å²) in [5, 5.41) is 6.67. The Bertz CT molecular complexity index is 433. The summed E-state index contributed by atoms with van der Waals surface area (Å²) in [7, 11) is 1.73. The fourth-order valence-electron chi connectivity index (χ4n) is 2.26. The molecule has 0 amide bonds. The van der Waals surface area contributed by atoms with Crippen molar-refractivity contribution in [1.82, 2.24) is 9.97 Å². The molecular weight excluding hydrogens is 256 g/mol. The SMILES string of the molecule is CCCNc1ncnc(NCC2(OC)CCOC2)c1C. The van der Waals surface area contributed by atoms with Crippen molar-refractivity contribution in [3.8, 4) is 0 Å². The summed E-state index contributed by atoms with van der Waals surface area (Å²) in [5.74, 6) is 1.74. The lowest BCUT2D eigenvalue weighted by Crippen LogP contribution is -2.39. The molecule has 1 atom stereocenters. The van der Waals surface area contributed by atoms with Gasteiger partial charge in [0.2, 0.25) is 0 Å². The number of aromatic nitrogens is 2. The van der Waals surface area contributed by atoms with Gasteiger partial charge in [0.05, 0.1) is 6.61 Å². The first-order chi connectivity index (χ1) is 9.71. The highest BCUT2D eigenvalue weighted by Crippen LogP contribution is 2.24. The van der Waals surface area contributed by atoms with Gasteiger partial charge in [-0.05, 0) is 13.3 Å². The molecule has 6 heteroatoms. The minimum Gasteiger partial charge on any atom is -0.378 e. The Morgan fingerprint density at radius 1 is 1.35 bits per heavy atom. The van der Waals surface area contributed by atoms with E-state index in [0.717, 1.165) is 43.2 Å². The molecule has 1 aliphatic heterocycles. The second-order valence-electron chi connectivity index (χ2n) is 5.17. The van der Waals surface area contributed by atoms with Crippen LogP contribution in [0.3, 0.4) is 0 Å². The number of hydrogen-bond donors (Lipinski definition) is 2. The topological polar surface area (TPSA) is 68.3 Å². The van der Waals surface area contributed by atoms with E-state index in [1.54, 1.807) is 13.4 Å². The second kappa shape index (κ2) is 6.85. The summed E-state index contributed by atoms with van der Waals surface area (Å²) in [6.45, 7) is 7.13. The van der Waals surface area contributed by atoms with Gasteiger partial charge in [0.1, 0.15) is 23.6 Å². The van der Waals surface area contributed by atoms with Crippen molar-refractivity contribution < 1.29 is 9.47 Å². The van der Waals surface area contributed by atoms with E-state index in [2.05, 4.69) is 27.5 Å². The van der Waals surface area contributed by atoms with E-state index in [-0.39, 0.29) is 5.60 Å².